The zero-order valence-corrected chi connectivity index (χ0v) is 14.0. The second-order valence-electron chi connectivity index (χ2n) is 5.02. The van der Waals surface area contributed by atoms with Crippen LogP contribution in [0.4, 0.5) is 0 Å². The number of oxazole rings is 1. The number of para-hydroxylation sites is 2. The van der Waals surface area contributed by atoms with E-state index in [1.54, 1.807) is 48.5 Å². The molecule has 3 aromatic rings. The van der Waals surface area contributed by atoms with E-state index in [-0.39, 0.29) is 18.9 Å². The predicted molar refractivity (Wildman–Crippen MR) is 89.9 cm³/mol. The summed E-state index contributed by atoms with van der Waals surface area (Å²) in [5, 5.41) is 0. The summed E-state index contributed by atoms with van der Waals surface area (Å²) in [6, 6.07) is 13.5. The van der Waals surface area contributed by atoms with Crippen LogP contribution in [-0.4, -0.2) is 22.9 Å². The molecule has 6 nitrogen and oxygen atoms in total. The molecule has 0 atom stereocenters. The molecule has 0 amide bonds. The Labute approximate surface area is 144 Å². The molecule has 1 heterocycles. The van der Waals surface area contributed by atoms with Gasteiger partial charge in [0.05, 0.1) is 5.52 Å². The van der Waals surface area contributed by atoms with Crippen molar-refractivity contribution in [2.45, 2.75) is 6.54 Å². The van der Waals surface area contributed by atoms with Crippen molar-refractivity contribution >= 4 is 38.8 Å². The molecular formula is C17H12BrNO5. The highest BCUT2D eigenvalue weighted by Gasteiger charge is 2.15. The molecule has 0 saturated heterocycles. The van der Waals surface area contributed by atoms with Gasteiger partial charge in [-0.3, -0.25) is 14.2 Å². The maximum Gasteiger partial charge on any atom is 0.420 e. The van der Waals surface area contributed by atoms with Gasteiger partial charge in [-0.05, 0) is 24.3 Å². The van der Waals surface area contributed by atoms with Gasteiger partial charge in [0.15, 0.2) is 18.0 Å². The highest BCUT2D eigenvalue weighted by atomic mass is 79.9. The van der Waals surface area contributed by atoms with Gasteiger partial charge in [-0.15, -0.1) is 0 Å². The first kappa shape index (κ1) is 16.2. The molecule has 0 unspecified atom stereocenters. The smallest absolute Gasteiger partial charge is 0.420 e. The van der Waals surface area contributed by atoms with E-state index in [0.29, 0.717) is 16.7 Å². The first-order chi connectivity index (χ1) is 11.5. The zero-order chi connectivity index (χ0) is 17.1. The lowest BCUT2D eigenvalue weighted by Crippen LogP contribution is -2.23. The second kappa shape index (κ2) is 6.84. The van der Waals surface area contributed by atoms with Gasteiger partial charge in [0.2, 0.25) is 0 Å². The molecule has 0 aliphatic carbocycles. The fourth-order valence-corrected chi connectivity index (χ4v) is 2.63. The number of esters is 1. The topological polar surface area (TPSA) is 78.5 Å². The lowest BCUT2D eigenvalue weighted by atomic mass is 10.1. The summed E-state index contributed by atoms with van der Waals surface area (Å²) >= 11 is 3.27. The second-order valence-corrected chi connectivity index (χ2v) is 5.93. The third kappa shape index (κ3) is 3.46. The number of aromatic nitrogens is 1. The number of fused-ring (bicyclic) bond motifs is 1. The van der Waals surface area contributed by atoms with Gasteiger partial charge < -0.3 is 9.15 Å². The van der Waals surface area contributed by atoms with Crippen LogP contribution in [-0.2, 0) is 16.1 Å². The van der Waals surface area contributed by atoms with Crippen molar-refractivity contribution in [2.24, 2.45) is 0 Å². The minimum absolute atomic E-state index is 0.318. The minimum Gasteiger partial charge on any atom is -0.456 e. The van der Waals surface area contributed by atoms with Crippen LogP contribution in [0.5, 0.6) is 0 Å². The molecule has 0 aliphatic heterocycles. The maximum absolute atomic E-state index is 12.0. The Kier molecular flexibility index (Phi) is 4.61. The van der Waals surface area contributed by atoms with Crippen molar-refractivity contribution in [3.05, 3.63) is 69.1 Å². The van der Waals surface area contributed by atoms with E-state index in [9.17, 15) is 14.4 Å². The fraction of sp³-hybridized carbons (Fsp3) is 0.118. The van der Waals surface area contributed by atoms with E-state index < -0.39 is 11.7 Å². The summed E-state index contributed by atoms with van der Waals surface area (Å²) < 4.78 is 11.9. The van der Waals surface area contributed by atoms with Gasteiger partial charge in [0, 0.05) is 10.0 Å². The van der Waals surface area contributed by atoms with E-state index >= 15 is 0 Å². The number of nitrogens with zero attached hydrogens (tertiary/aromatic N) is 1. The van der Waals surface area contributed by atoms with E-state index in [1.807, 2.05) is 0 Å². The van der Waals surface area contributed by atoms with Crippen molar-refractivity contribution in [2.75, 3.05) is 6.61 Å². The van der Waals surface area contributed by atoms with Crippen LogP contribution in [0.1, 0.15) is 10.4 Å². The van der Waals surface area contributed by atoms with Gasteiger partial charge in [-0.1, -0.05) is 40.2 Å². The number of hydrogen-bond acceptors (Lipinski definition) is 5. The van der Waals surface area contributed by atoms with E-state index in [4.69, 9.17) is 9.15 Å². The molecule has 0 bridgehead atoms. The average molecular weight is 390 g/mol. The maximum atomic E-state index is 12.0. The molecule has 2 aromatic carbocycles. The lowest BCUT2D eigenvalue weighted by molar-refractivity contribution is -0.143. The molecular weight excluding hydrogens is 378 g/mol. The van der Waals surface area contributed by atoms with E-state index in [2.05, 4.69) is 15.9 Å². The third-order valence-corrected chi connectivity index (χ3v) is 3.87. The van der Waals surface area contributed by atoms with Crippen LogP contribution in [0.25, 0.3) is 11.1 Å². The minimum atomic E-state index is -0.688. The molecule has 0 radical (unpaired) electrons. The molecule has 0 N–H and O–H groups in total. The highest BCUT2D eigenvalue weighted by Crippen LogP contribution is 2.13. The number of rotatable bonds is 5. The molecule has 0 fully saturated rings. The Morgan fingerprint density at radius 1 is 1.12 bits per heavy atom. The van der Waals surface area contributed by atoms with E-state index in [1.165, 1.54) is 4.57 Å². The number of benzene rings is 2. The highest BCUT2D eigenvalue weighted by molar-refractivity contribution is 9.10. The Hall–Kier alpha value is -2.67. The van der Waals surface area contributed by atoms with Gasteiger partial charge >= 0.3 is 11.7 Å². The molecule has 1 aromatic heterocycles. The summed E-state index contributed by atoms with van der Waals surface area (Å²) in [5.74, 6) is -1.66. The zero-order valence-electron chi connectivity index (χ0n) is 12.4. The number of ketones is 1. The Bertz CT molecular complexity index is 972. The van der Waals surface area contributed by atoms with Crippen LogP contribution in [0.15, 0.2) is 62.2 Å². The number of carbonyl (C=O) groups is 2. The van der Waals surface area contributed by atoms with Gasteiger partial charge in [-0.2, -0.15) is 0 Å². The molecule has 0 saturated carbocycles. The van der Waals surface area contributed by atoms with Crippen molar-refractivity contribution < 1.29 is 18.7 Å². The van der Waals surface area contributed by atoms with Crippen molar-refractivity contribution in [1.82, 2.24) is 4.57 Å². The number of Topliss-reactive ketones (excluding diaryl/α,β-unsaturated/α-hetero) is 1. The first-order valence-corrected chi connectivity index (χ1v) is 7.86. The lowest BCUT2D eigenvalue weighted by Gasteiger charge is -2.05. The van der Waals surface area contributed by atoms with Crippen molar-refractivity contribution in [3.63, 3.8) is 0 Å². The first-order valence-electron chi connectivity index (χ1n) is 7.07. The number of ether oxygens (including phenoxy) is 1. The monoisotopic (exact) mass is 389 g/mol. The summed E-state index contributed by atoms with van der Waals surface area (Å²) in [6.45, 7) is -0.707. The quantitative estimate of drug-likeness (QED) is 0.495. The van der Waals surface area contributed by atoms with Crippen molar-refractivity contribution in [3.8, 4) is 0 Å². The summed E-state index contributed by atoms with van der Waals surface area (Å²) in [6.07, 6.45) is 0. The molecule has 24 heavy (non-hydrogen) atoms. The van der Waals surface area contributed by atoms with Gasteiger partial charge in [0.25, 0.3) is 0 Å². The SMILES string of the molecule is O=C(Cn1c(=O)oc2ccccc21)OCC(=O)c1cccc(Br)c1. The van der Waals surface area contributed by atoms with Gasteiger partial charge in [-0.25, -0.2) is 4.79 Å². The molecule has 0 aliphatic rings. The molecule has 3 rings (SSSR count). The Morgan fingerprint density at radius 2 is 1.92 bits per heavy atom. The molecule has 122 valence electrons. The largest absolute Gasteiger partial charge is 0.456 e. The summed E-state index contributed by atoms with van der Waals surface area (Å²) in [7, 11) is 0. The average Bonchev–Trinajstić information content (AvgIpc) is 2.88. The van der Waals surface area contributed by atoms with Crippen LogP contribution in [0.3, 0.4) is 0 Å². The Morgan fingerprint density at radius 3 is 2.71 bits per heavy atom. The third-order valence-electron chi connectivity index (χ3n) is 3.37. The van der Waals surface area contributed by atoms with Crippen molar-refractivity contribution in [1.29, 1.82) is 0 Å². The fourth-order valence-electron chi connectivity index (χ4n) is 2.23. The molecule has 0 spiro atoms. The van der Waals surface area contributed by atoms with Crippen LogP contribution in [0, 0.1) is 0 Å². The van der Waals surface area contributed by atoms with Crippen LogP contribution in [0.2, 0.25) is 0 Å². The number of halogens is 1. The standard InChI is InChI=1S/C17H12BrNO5/c18-12-5-3-4-11(8-12)14(20)10-23-16(21)9-19-13-6-1-2-7-15(13)24-17(19)22/h1-8H,9-10H2. The summed E-state index contributed by atoms with van der Waals surface area (Å²) in [5.41, 5.74) is 1.32. The number of carbonyl (C=O) groups excluding carboxylic acids is 2. The predicted octanol–water partition coefficient (Wildman–Crippen LogP) is 2.78. The molecule has 7 heteroatoms. The number of hydrogen-bond donors (Lipinski definition) is 0. The van der Waals surface area contributed by atoms with Crippen LogP contribution >= 0.6 is 15.9 Å². The van der Waals surface area contributed by atoms with E-state index in [0.717, 1.165) is 4.47 Å². The normalized spacial score (nSPS) is 10.7. The Balaban J connectivity index is 1.66. The van der Waals surface area contributed by atoms with Gasteiger partial charge in [0.1, 0.15) is 6.54 Å². The van der Waals surface area contributed by atoms with Crippen LogP contribution < -0.4 is 5.76 Å². The summed E-state index contributed by atoms with van der Waals surface area (Å²) in [4.78, 5) is 35.7.